The minimum atomic E-state index is 0.0874. The molecule has 1 aromatic rings. The van der Waals surface area contributed by atoms with Gasteiger partial charge in [-0.15, -0.1) is 0 Å². The highest BCUT2D eigenvalue weighted by atomic mass is 16.5. The van der Waals surface area contributed by atoms with Crippen molar-refractivity contribution in [3.8, 4) is 5.75 Å². The second kappa shape index (κ2) is 5.75. The molecule has 1 aromatic carbocycles. The fourth-order valence-electron chi connectivity index (χ4n) is 2.13. The molecule has 0 aliphatic heterocycles. The molecule has 18 heavy (non-hydrogen) atoms. The molecular formula is C16H27NO. The predicted octanol–water partition coefficient (Wildman–Crippen LogP) is 3.58. The molecule has 2 heteroatoms. The normalized spacial score (nSPS) is 13.5. The molecule has 1 atom stereocenters. The molecule has 0 amide bonds. The Labute approximate surface area is 112 Å². The Morgan fingerprint density at radius 2 is 1.89 bits per heavy atom. The molecule has 0 aromatic heterocycles. The van der Waals surface area contributed by atoms with Gasteiger partial charge in [0.25, 0.3) is 0 Å². The van der Waals surface area contributed by atoms with E-state index in [-0.39, 0.29) is 11.5 Å². The van der Waals surface area contributed by atoms with Crippen LogP contribution in [0.3, 0.4) is 0 Å². The van der Waals surface area contributed by atoms with Crippen molar-refractivity contribution in [3.63, 3.8) is 0 Å². The number of benzene rings is 1. The molecule has 102 valence electrons. The number of aryl methyl sites for hydroxylation is 1. The lowest BCUT2D eigenvalue weighted by Crippen LogP contribution is -2.22. The van der Waals surface area contributed by atoms with Gasteiger partial charge in [-0.2, -0.15) is 0 Å². The van der Waals surface area contributed by atoms with Gasteiger partial charge in [-0.3, -0.25) is 0 Å². The molecule has 1 rings (SSSR count). The number of ether oxygens (including phenoxy) is 1. The van der Waals surface area contributed by atoms with E-state index in [0.29, 0.717) is 0 Å². The monoisotopic (exact) mass is 249 g/mol. The van der Waals surface area contributed by atoms with Crippen LogP contribution in [0.4, 0.5) is 0 Å². The predicted molar refractivity (Wildman–Crippen MR) is 78.4 cm³/mol. The van der Waals surface area contributed by atoms with Gasteiger partial charge in [0.2, 0.25) is 0 Å². The van der Waals surface area contributed by atoms with Crippen molar-refractivity contribution in [1.82, 2.24) is 0 Å². The lowest BCUT2D eigenvalue weighted by atomic mass is 9.83. The summed E-state index contributed by atoms with van der Waals surface area (Å²) in [7, 11) is 1.74. The summed E-state index contributed by atoms with van der Waals surface area (Å²) in [4.78, 5) is 0. The number of hydrogen-bond acceptors (Lipinski definition) is 2. The quantitative estimate of drug-likeness (QED) is 0.885. The molecule has 0 spiro atoms. The third-order valence-electron chi connectivity index (χ3n) is 3.47. The summed E-state index contributed by atoms with van der Waals surface area (Å²) in [6.07, 6.45) is 1.95. The van der Waals surface area contributed by atoms with E-state index in [9.17, 15) is 0 Å². The lowest BCUT2D eigenvalue weighted by molar-refractivity contribution is 0.396. The molecule has 0 fully saturated rings. The van der Waals surface area contributed by atoms with Gasteiger partial charge in [0.15, 0.2) is 0 Å². The molecule has 0 aliphatic carbocycles. The van der Waals surface area contributed by atoms with Gasteiger partial charge >= 0.3 is 0 Å². The van der Waals surface area contributed by atoms with E-state index >= 15 is 0 Å². The van der Waals surface area contributed by atoms with Crippen LogP contribution >= 0.6 is 0 Å². The minimum absolute atomic E-state index is 0.0874. The van der Waals surface area contributed by atoms with Crippen molar-refractivity contribution in [2.45, 2.75) is 58.9 Å². The van der Waals surface area contributed by atoms with Crippen molar-refractivity contribution in [1.29, 1.82) is 0 Å². The Kier molecular flexibility index (Phi) is 4.80. The van der Waals surface area contributed by atoms with Crippen LogP contribution in [0.2, 0.25) is 0 Å². The van der Waals surface area contributed by atoms with Gasteiger partial charge in [0.05, 0.1) is 7.11 Å². The topological polar surface area (TPSA) is 35.2 Å². The van der Waals surface area contributed by atoms with E-state index in [1.807, 2.05) is 0 Å². The molecule has 0 heterocycles. The summed E-state index contributed by atoms with van der Waals surface area (Å²) >= 11 is 0. The maximum Gasteiger partial charge on any atom is 0.122 e. The molecular weight excluding hydrogens is 222 g/mol. The first-order valence-electron chi connectivity index (χ1n) is 6.73. The Bertz CT molecular complexity index is 404. The number of rotatable bonds is 4. The second-order valence-corrected chi connectivity index (χ2v) is 6.10. The summed E-state index contributed by atoms with van der Waals surface area (Å²) in [5.74, 6) is 0.980. The SMILES string of the molecule is CCC(N)Cc1cc(C(C)(C)C)c(OC)cc1C. The highest BCUT2D eigenvalue weighted by Gasteiger charge is 2.20. The molecule has 0 saturated carbocycles. The number of hydrogen-bond donors (Lipinski definition) is 1. The van der Waals surface area contributed by atoms with Crippen LogP contribution in [-0.4, -0.2) is 13.2 Å². The van der Waals surface area contributed by atoms with Crippen LogP contribution in [0.1, 0.15) is 50.8 Å². The third kappa shape index (κ3) is 3.49. The number of nitrogens with two attached hydrogens (primary N) is 1. The molecule has 1 unspecified atom stereocenters. The molecule has 0 aliphatic rings. The van der Waals surface area contributed by atoms with Gasteiger partial charge in [-0.1, -0.05) is 33.8 Å². The standard InChI is InChI=1S/C16H27NO/c1-7-13(17)9-12-10-14(16(3,4)5)15(18-6)8-11(12)2/h8,10,13H,7,9,17H2,1-6H3. The Morgan fingerprint density at radius 3 is 2.33 bits per heavy atom. The average Bonchev–Trinajstić information content (AvgIpc) is 2.29. The molecule has 2 nitrogen and oxygen atoms in total. The smallest absolute Gasteiger partial charge is 0.122 e. The molecule has 0 saturated heterocycles. The van der Waals surface area contributed by atoms with Crippen LogP contribution in [-0.2, 0) is 11.8 Å². The maximum absolute atomic E-state index is 6.07. The van der Waals surface area contributed by atoms with Gasteiger partial charge in [0.1, 0.15) is 5.75 Å². The van der Waals surface area contributed by atoms with E-state index in [1.54, 1.807) is 7.11 Å². The molecule has 0 bridgehead atoms. The first-order chi connectivity index (χ1) is 8.29. The first kappa shape index (κ1) is 15.0. The van der Waals surface area contributed by atoms with Crippen molar-refractivity contribution >= 4 is 0 Å². The number of methoxy groups -OCH3 is 1. The van der Waals surface area contributed by atoms with Gasteiger partial charge < -0.3 is 10.5 Å². The Morgan fingerprint density at radius 1 is 1.28 bits per heavy atom. The lowest BCUT2D eigenvalue weighted by Gasteiger charge is -2.24. The maximum atomic E-state index is 6.07. The van der Waals surface area contributed by atoms with E-state index in [0.717, 1.165) is 18.6 Å². The van der Waals surface area contributed by atoms with Crippen molar-refractivity contribution in [3.05, 3.63) is 28.8 Å². The zero-order valence-corrected chi connectivity index (χ0v) is 12.6. The minimum Gasteiger partial charge on any atom is -0.496 e. The highest BCUT2D eigenvalue weighted by Crippen LogP contribution is 2.34. The van der Waals surface area contributed by atoms with Crippen LogP contribution in [0.25, 0.3) is 0 Å². The second-order valence-electron chi connectivity index (χ2n) is 6.10. The first-order valence-corrected chi connectivity index (χ1v) is 6.73. The van der Waals surface area contributed by atoms with E-state index in [4.69, 9.17) is 10.5 Å². The van der Waals surface area contributed by atoms with Gasteiger partial charge in [-0.25, -0.2) is 0 Å². The fraction of sp³-hybridized carbons (Fsp3) is 0.625. The fourth-order valence-corrected chi connectivity index (χ4v) is 2.13. The Balaban J connectivity index is 3.22. The zero-order chi connectivity index (χ0) is 13.9. The van der Waals surface area contributed by atoms with E-state index in [1.165, 1.54) is 16.7 Å². The highest BCUT2D eigenvalue weighted by molar-refractivity contribution is 5.45. The van der Waals surface area contributed by atoms with Crippen molar-refractivity contribution in [2.75, 3.05) is 7.11 Å². The Hall–Kier alpha value is -1.02. The summed E-state index contributed by atoms with van der Waals surface area (Å²) in [5.41, 5.74) is 10.0. The van der Waals surface area contributed by atoms with Gasteiger partial charge in [0, 0.05) is 6.04 Å². The van der Waals surface area contributed by atoms with Crippen molar-refractivity contribution < 1.29 is 4.74 Å². The summed E-state index contributed by atoms with van der Waals surface area (Å²) in [6, 6.07) is 4.65. The summed E-state index contributed by atoms with van der Waals surface area (Å²) in [5, 5.41) is 0. The average molecular weight is 249 g/mol. The van der Waals surface area contributed by atoms with Crippen LogP contribution in [0.5, 0.6) is 5.75 Å². The van der Waals surface area contributed by atoms with Crippen LogP contribution in [0.15, 0.2) is 12.1 Å². The summed E-state index contributed by atoms with van der Waals surface area (Å²) < 4.78 is 5.51. The van der Waals surface area contributed by atoms with Crippen LogP contribution < -0.4 is 10.5 Å². The zero-order valence-electron chi connectivity index (χ0n) is 12.6. The van der Waals surface area contributed by atoms with E-state index < -0.39 is 0 Å². The molecule has 0 radical (unpaired) electrons. The van der Waals surface area contributed by atoms with Crippen molar-refractivity contribution in [2.24, 2.45) is 5.73 Å². The van der Waals surface area contributed by atoms with Gasteiger partial charge in [-0.05, 0) is 47.9 Å². The van der Waals surface area contributed by atoms with E-state index in [2.05, 4.69) is 46.8 Å². The van der Waals surface area contributed by atoms with Crippen LogP contribution in [0, 0.1) is 6.92 Å². The summed E-state index contributed by atoms with van der Waals surface area (Å²) in [6.45, 7) is 10.9. The third-order valence-corrected chi connectivity index (χ3v) is 3.47. The largest absolute Gasteiger partial charge is 0.496 e. The molecule has 2 N–H and O–H groups in total.